The smallest absolute Gasteiger partial charge is 0.152 e. The van der Waals surface area contributed by atoms with E-state index in [-0.39, 0.29) is 11.7 Å². The zero-order chi connectivity index (χ0) is 12.4. The molecule has 0 aliphatic carbocycles. The van der Waals surface area contributed by atoms with Gasteiger partial charge in [-0.05, 0) is 45.0 Å². The standard InChI is InChI=1S/C13H18F2N2/c1-9-5-6-11(14)13(12(9)15)16-10-4-3-7-17(2)8-10/h5-6,10,16H,3-4,7-8H2,1-2H3. The first kappa shape index (κ1) is 12.3. The summed E-state index contributed by atoms with van der Waals surface area (Å²) in [5, 5.41) is 3.00. The molecule has 0 amide bonds. The normalized spacial score (nSPS) is 21.5. The Kier molecular flexibility index (Phi) is 3.62. The van der Waals surface area contributed by atoms with Crippen LogP contribution in [0.1, 0.15) is 18.4 Å². The van der Waals surface area contributed by atoms with Gasteiger partial charge in [0, 0.05) is 12.6 Å². The molecule has 0 saturated carbocycles. The summed E-state index contributed by atoms with van der Waals surface area (Å²) < 4.78 is 27.4. The van der Waals surface area contributed by atoms with Gasteiger partial charge in [0.05, 0.1) is 0 Å². The lowest BCUT2D eigenvalue weighted by Crippen LogP contribution is -2.40. The number of piperidine rings is 1. The summed E-state index contributed by atoms with van der Waals surface area (Å²) in [7, 11) is 2.02. The van der Waals surface area contributed by atoms with Gasteiger partial charge in [0.15, 0.2) is 5.82 Å². The van der Waals surface area contributed by atoms with Crippen LogP contribution in [-0.2, 0) is 0 Å². The number of likely N-dealkylation sites (N-methyl/N-ethyl adjacent to an activating group) is 1. The van der Waals surface area contributed by atoms with Crippen molar-refractivity contribution in [2.75, 3.05) is 25.5 Å². The largest absolute Gasteiger partial charge is 0.376 e. The van der Waals surface area contributed by atoms with Crippen LogP contribution in [-0.4, -0.2) is 31.1 Å². The number of benzene rings is 1. The van der Waals surface area contributed by atoms with Gasteiger partial charge in [0.1, 0.15) is 11.5 Å². The number of anilines is 1. The Hall–Kier alpha value is -1.16. The maximum atomic E-state index is 13.8. The van der Waals surface area contributed by atoms with E-state index in [1.807, 2.05) is 7.05 Å². The number of hydrogen-bond acceptors (Lipinski definition) is 2. The van der Waals surface area contributed by atoms with Crippen molar-refractivity contribution in [1.82, 2.24) is 4.90 Å². The number of nitrogens with one attached hydrogen (secondary N) is 1. The maximum absolute atomic E-state index is 13.8. The first-order chi connectivity index (χ1) is 8.08. The molecular formula is C13H18F2N2. The van der Waals surface area contributed by atoms with E-state index < -0.39 is 11.6 Å². The van der Waals surface area contributed by atoms with Crippen molar-refractivity contribution in [2.45, 2.75) is 25.8 Å². The van der Waals surface area contributed by atoms with Gasteiger partial charge in [-0.2, -0.15) is 0 Å². The summed E-state index contributed by atoms with van der Waals surface area (Å²) in [6.45, 7) is 3.52. The van der Waals surface area contributed by atoms with Crippen molar-refractivity contribution in [3.63, 3.8) is 0 Å². The van der Waals surface area contributed by atoms with Crippen LogP contribution in [0.15, 0.2) is 12.1 Å². The lowest BCUT2D eigenvalue weighted by Gasteiger charge is -2.31. The fourth-order valence-electron chi connectivity index (χ4n) is 2.28. The van der Waals surface area contributed by atoms with Crippen LogP contribution in [0.2, 0.25) is 0 Å². The molecule has 1 aliphatic heterocycles. The molecule has 4 heteroatoms. The van der Waals surface area contributed by atoms with Crippen LogP contribution < -0.4 is 5.32 Å². The number of hydrogen-bond donors (Lipinski definition) is 1. The minimum absolute atomic E-state index is 0.0188. The highest BCUT2D eigenvalue weighted by Crippen LogP contribution is 2.24. The third-order valence-electron chi connectivity index (χ3n) is 3.26. The van der Waals surface area contributed by atoms with E-state index in [4.69, 9.17) is 0 Å². The second kappa shape index (κ2) is 5.00. The van der Waals surface area contributed by atoms with Crippen molar-refractivity contribution in [3.8, 4) is 0 Å². The van der Waals surface area contributed by atoms with Crippen molar-refractivity contribution in [3.05, 3.63) is 29.3 Å². The Morgan fingerprint density at radius 2 is 2.12 bits per heavy atom. The van der Waals surface area contributed by atoms with Gasteiger partial charge >= 0.3 is 0 Å². The maximum Gasteiger partial charge on any atom is 0.152 e. The van der Waals surface area contributed by atoms with Gasteiger partial charge in [-0.25, -0.2) is 8.78 Å². The highest BCUT2D eigenvalue weighted by molar-refractivity contribution is 5.49. The lowest BCUT2D eigenvalue weighted by molar-refractivity contribution is 0.260. The van der Waals surface area contributed by atoms with Gasteiger partial charge in [-0.3, -0.25) is 0 Å². The number of aryl methyl sites for hydroxylation is 1. The van der Waals surface area contributed by atoms with Crippen LogP contribution in [0.4, 0.5) is 14.5 Å². The van der Waals surface area contributed by atoms with Crippen LogP contribution in [0.5, 0.6) is 0 Å². The first-order valence-corrected chi connectivity index (χ1v) is 5.97. The fraction of sp³-hybridized carbons (Fsp3) is 0.538. The van der Waals surface area contributed by atoms with Gasteiger partial charge in [0.25, 0.3) is 0 Å². The average molecular weight is 240 g/mol. The lowest BCUT2D eigenvalue weighted by atomic mass is 10.1. The van der Waals surface area contributed by atoms with E-state index in [1.54, 1.807) is 6.92 Å². The summed E-state index contributed by atoms with van der Waals surface area (Å²) in [5.41, 5.74) is 0.489. The zero-order valence-corrected chi connectivity index (χ0v) is 10.3. The molecule has 1 saturated heterocycles. The molecule has 1 aromatic carbocycles. The van der Waals surface area contributed by atoms with Crippen molar-refractivity contribution >= 4 is 5.69 Å². The predicted octanol–water partition coefficient (Wildman–Crippen LogP) is 2.78. The fourth-order valence-corrected chi connectivity index (χ4v) is 2.28. The van der Waals surface area contributed by atoms with Crippen LogP contribution >= 0.6 is 0 Å². The van der Waals surface area contributed by atoms with Crippen LogP contribution in [0.25, 0.3) is 0 Å². The van der Waals surface area contributed by atoms with Crippen molar-refractivity contribution < 1.29 is 8.78 Å². The number of halogens is 2. The van der Waals surface area contributed by atoms with E-state index in [0.29, 0.717) is 5.56 Å². The Labute approximate surface area is 101 Å². The second-order valence-electron chi connectivity index (χ2n) is 4.80. The number of likely N-dealkylation sites (tertiary alicyclic amines) is 1. The molecular weight excluding hydrogens is 222 g/mol. The van der Waals surface area contributed by atoms with Crippen molar-refractivity contribution in [2.24, 2.45) is 0 Å². The van der Waals surface area contributed by atoms with E-state index in [9.17, 15) is 8.78 Å². The molecule has 1 aromatic rings. The molecule has 2 rings (SSSR count). The summed E-state index contributed by atoms with van der Waals surface area (Å²) in [6.07, 6.45) is 2.01. The van der Waals surface area contributed by atoms with Gasteiger partial charge in [-0.15, -0.1) is 0 Å². The molecule has 1 atom stereocenters. The molecule has 17 heavy (non-hydrogen) atoms. The van der Waals surface area contributed by atoms with Crippen LogP contribution in [0.3, 0.4) is 0 Å². The predicted molar refractivity (Wildman–Crippen MR) is 65.2 cm³/mol. The van der Waals surface area contributed by atoms with Crippen molar-refractivity contribution in [1.29, 1.82) is 0 Å². The van der Waals surface area contributed by atoms with Crippen LogP contribution in [0, 0.1) is 18.6 Å². The molecule has 0 bridgehead atoms. The Morgan fingerprint density at radius 3 is 2.82 bits per heavy atom. The SMILES string of the molecule is Cc1ccc(F)c(NC2CCCN(C)C2)c1F. The molecule has 94 valence electrons. The molecule has 0 spiro atoms. The third-order valence-corrected chi connectivity index (χ3v) is 3.26. The first-order valence-electron chi connectivity index (χ1n) is 5.97. The summed E-state index contributed by atoms with van der Waals surface area (Å²) in [5.74, 6) is -0.987. The third kappa shape index (κ3) is 2.75. The summed E-state index contributed by atoms with van der Waals surface area (Å²) in [4.78, 5) is 2.17. The Balaban J connectivity index is 2.15. The van der Waals surface area contributed by atoms with E-state index in [1.165, 1.54) is 12.1 Å². The quantitative estimate of drug-likeness (QED) is 0.855. The monoisotopic (exact) mass is 240 g/mol. The van der Waals surface area contributed by atoms with Gasteiger partial charge in [0.2, 0.25) is 0 Å². The minimum Gasteiger partial charge on any atom is -0.376 e. The molecule has 0 radical (unpaired) electrons. The van der Waals surface area contributed by atoms with Gasteiger partial charge < -0.3 is 10.2 Å². The zero-order valence-electron chi connectivity index (χ0n) is 10.3. The highest BCUT2D eigenvalue weighted by Gasteiger charge is 2.20. The molecule has 0 aromatic heterocycles. The molecule has 1 heterocycles. The van der Waals surface area contributed by atoms with E-state index in [2.05, 4.69) is 10.2 Å². The average Bonchev–Trinajstić information content (AvgIpc) is 2.30. The topological polar surface area (TPSA) is 15.3 Å². The molecule has 1 unspecified atom stereocenters. The number of nitrogens with zero attached hydrogens (tertiary/aromatic N) is 1. The highest BCUT2D eigenvalue weighted by atomic mass is 19.1. The van der Waals surface area contributed by atoms with E-state index in [0.717, 1.165) is 25.9 Å². The second-order valence-corrected chi connectivity index (χ2v) is 4.80. The molecule has 1 N–H and O–H groups in total. The summed E-state index contributed by atoms with van der Waals surface area (Å²) >= 11 is 0. The Morgan fingerprint density at radius 1 is 1.35 bits per heavy atom. The summed E-state index contributed by atoms with van der Waals surface area (Å²) in [6, 6.07) is 2.90. The molecule has 2 nitrogen and oxygen atoms in total. The molecule has 1 fully saturated rings. The minimum atomic E-state index is -0.513. The van der Waals surface area contributed by atoms with Gasteiger partial charge in [-0.1, -0.05) is 6.07 Å². The van der Waals surface area contributed by atoms with E-state index >= 15 is 0 Å². The molecule has 1 aliphatic rings. The Bertz CT molecular complexity index is 407. The number of rotatable bonds is 2.